The van der Waals surface area contributed by atoms with Crippen LogP contribution in [0, 0.1) is 11.3 Å². The molecule has 0 atom stereocenters. The van der Waals surface area contributed by atoms with E-state index in [1.54, 1.807) is 12.3 Å². The Morgan fingerprint density at radius 3 is 3.00 bits per heavy atom. The van der Waals surface area contributed by atoms with Crippen LogP contribution >= 0.6 is 11.6 Å². The SMILES string of the molecule is COc1cc2c(cn1)CC(=O)C(C#N)=C2Cl. The molecular formula is C11H7ClN2O2. The monoisotopic (exact) mass is 234 g/mol. The maximum absolute atomic E-state index is 11.5. The Morgan fingerprint density at radius 1 is 1.62 bits per heavy atom. The predicted octanol–water partition coefficient (Wildman–Crippen LogP) is 1.69. The van der Waals surface area contributed by atoms with Gasteiger partial charge in [-0.1, -0.05) is 11.6 Å². The number of ketones is 1. The molecule has 0 saturated carbocycles. The van der Waals surface area contributed by atoms with Gasteiger partial charge in [0.2, 0.25) is 5.88 Å². The number of pyridine rings is 1. The zero-order valence-corrected chi connectivity index (χ0v) is 9.21. The number of carbonyl (C=O) groups is 1. The number of hydrogen-bond donors (Lipinski definition) is 0. The second-order valence-corrected chi connectivity index (χ2v) is 3.66. The zero-order chi connectivity index (χ0) is 11.7. The van der Waals surface area contributed by atoms with Crippen LogP contribution in [0.15, 0.2) is 17.8 Å². The maximum Gasteiger partial charge on any atom is 0.213 e. The van der Waals surface area contributed by atoms with Gasteiger partial charge in [-0.25, -0.2) is 4.98 Å². The van der Waals surface area contributed by atoms with Crippen molar-refractivity contribution in [3.63, 3.8) is 0 Å². The lowest BCUT2D eigenvalue weighted by atomic mass is 9.93. The van der Waals surface area contributed by atoms with E-state index in [4.69, 9.17) is 21.6 Å². The maximum atomic E-state index is 11.5. The molecule has 0 aromatic carbocycles. The smallest absolute Gasteiger partial charge is 0.213 e. The third-order valence-electron chi connectivity index (χ3n) is 2.37. The van der Waals surface area contributed by atoms with Crippen LogP contribution in [0.2, 0.25) is 0 Å². The lowest BCUT2D eigenvalue weighted by Gasteiger charge is -2.15. The fraction of sp³-hybridized carbons (Fsp3) is 0.182. The minimum Gasteiger partial charge on any atom is -0.481 e. The molecule has 1 aromatic heterocycles. The van der Waals surface area contributed by atoms with Gasteiger partial charge in [0.15, 0.2) is 5.78 Å². The molecule has 1 aliphatic carbocycles. The molecule has 0 fully saturated rings. The van der Waals surface area contributed by atoms with Crippen molar-refractivity contribution in [2.45, 2.75) is 6.42 Å². The fourth-order valence-corrected chi connectivity index (χ4v) is 1.87. The minimum absolute atomic E-state index is 0.00224. The summed E-state index contributed by atoms with van der Waals surface area (Å²) < 4.78 is 4.96. The number of methoxy groups -OCH3 is 1. The zero-order valence-electron chi connectivity index (χ0n) is 8.45. The van der Waals surface area contributed by atoms with Crippen LogP contribution in [-0.4, -0.2) is 17.9 Å². The van der Waals surface area contributed by atoms with Crippen LogP contribution in [0.5, 0.6) is 5.88 Å². The molecule has 4 nitrogen and oxygen atoms in total. The Hall–Kier alpha value is -1.86. The Bertz CT molecular complexity index is 543. The Kier molecular flexibility index (Phi) is 2.63. The summed E-state index contributed by atoms with van der Waals surface area (Å²) in [7, 11) is 1.49. The molecule has 0 radical (unpaired) electrons. The van der Waals surface area contributed by atoms with Crippen molar-refractivity contribution < 1.29 is 9.53 Å². The van der Waals surface area contributed by atoms with Gasteiger partial charge in [0.1, 0.15) is 11.6 Å². The number of allylic oxidation sites excluding steroid dienone is 1. The van der Waals surface area contributed by atoms with E-state index in [9.17, 15) is 4.79 Å². The number of nitrogens with zero attached hydrogens (tertiary/aromatic N) is 2. The first-order chi connectivity index (χ1) is 7.67. The van der Waals surface area contributed by atoms with Gasteiger partial charge in [-0.05, 0) is 5.56 Å². The highest BCUT2D eigenvalue weighted by atomic mass is 35.5. The molecule has 2 rings (SSSR count). The van der Waals surface area contributed by atoms with Crippen molar-refractivity contribution in [2.24, 2.45) is 0 Å². The van der Waals surface area contributed by atoms with Crippen LogP contribution in [0.3, 0.4) is 0 Å². The summed E-state index contributed by atoms with van der Waals surface area (Å²) in [5, 5.41) is 9.00. The molecule has 0 N–H and O–H groups in total. The van der Waals surface area contributed by atoms with Crippen molar-refractivity contribution in [3.8, 4) is 11.9 Å². The molecular weight excluding hydrogens is 228 g/mol. The van der Waals surface area contributed by atoms with Crippen LogP contribution in [0.4, 0.5) is 0 Å². The van der Waals surface area contributed by atoms with Gasteiger partial charge in [0.25, 0.3) is 0 Å². The van der Waals surface area contributed by atoms with E-state index in [1.165, 1.54) is 7.11 Å². The highest BCUT2D eigenvalue weighted by Crippen LogP contribution is 2.33. The molecule has 0 bridgehead atoms. The van der Waals surface area contributed by atoms with Crippen molar-refractivity contribution in [1.82, 2.24) is 4.98 Å². The van der Waals surface area contributed by atoms with E-state index < -0.39 is 0 Å². The number of nitriles is 1. The molecule has 80 valence electrons. The summed E-state index contributed by atoms with van der Waals surface area (Å²) in [4.78, 5) is 15.5. The summed E-state index contributed by atoms with van der Waals surface area (Å²) in [6.07, 6.45) is 1.70. The predicted molar refractivity (Wildman–Crippen MR) is 57.9 cm³/mol. The van der Waals surface area contributed by atoms with Crippen LogP contribution in [0.25, 0.3) is 5.03 Å². The Labute approximate surface area is 97.1 Å². The van der Waals surface area contributed by atoms with Crippen molar-refractivity contribution in [2.75, 3.05) is 7.11 Å². The van der Waals surface area contributed by atoms with Gasteiger partial charge in [0, 0.05) is 24.2 Å². The first kappa shape index (κ1) is 10.7. The number of rotatable bonds is 1. The fourth-order valence-electron chi connectivity index (χ4n) is 1.55. The first-order valence-corrected chi connectivity index (χ1v) is 4.91. The summed E-state index contributed by atoms with van der Waals surface area (Å²) in [5.41, 5.74) is 1.36. The van der Waals surface area contributed by atoms with Crippen molar-refractivity contribution >= 4 is 22.4 Å². The molecule has 1 heterocycles. The first-order valence-electron chi connectivity index (χ1n) is 4.53. The molecule has 0 aliphatic heterocycles. The highest BCUT2D eigenvalue weighted by molar-refractivity contribution is 6.52. The number of Topliss-reactive ketones (excluding diaryl/α,β-unsaturated/α-hetero) is 1. The Balaban J connectivity index is 2.64. The van der Waals surface area contributed by atoms with Crippen molar-refractivity contribution in [1.29, 1.82) is 5.26 Å². The third-order valence-corrected chi connectivity index (χ3v) is 2.76. The van der Waals surface area contributed by atoms with Gasteiger partial charge >= 0.3 is 0 Å². The standard InChI is InChI=1S/C11H7ClN2O2/c1-16-10-3-7-6(5-14-10)2-9(15)8(4-13)11(7)12/h3,5H,2H2,1H3. The number of hydrogen-bond acceptors (Lipinski definition) is 4. The normalized spacial score (nSPS) is 14.4. The molecule has 0 spiro atoms. The van der Waals surface area contributed by atoms with Crippen LogP contribution in [-0.2, 0) is 11.2 Å². The number of fused-ring (bicyclic) bond motifs is 1. The summed E-state index contributed by atoms with van der Waals surface area (Å²) >= 11 is 5.99. The van der Waals surface area contributed by atoms with Gasteiger partial charge < -0.3 is 4.74 Å². The molecule has 1 aliphatic rings. The van der Waals surface area contributed by atoms with E-state index in [0.717, 1.165) is 5.56 Å². The number of aromatic nitrogens is 1. The van der Waals surface area contributed by atoms with E-state index in [-0.39, 0.29) is 22.8 Å². The second kappa shape index (κ2) is 3.95. The highest BCUT2D eigenvalue weighted by Gasteiger charge is 2.25. The minimum atomic E-state index is -0.271. The van der Waals surface area contributed by atoms with Gasteiger partial charge in [-0.15, -0.1) is 0 Å². The summed E-state index contributed by atoms with van der Waals surface area (Å²) in [6.45, 7) is 0. The summed E-state index contributed by atoms with van der Waals surface area (Å²) in [5.74, 6) is 0.135. The molecule has 0 amide bonds. The van der Waals surface area contributed by atoms with Crippen molar-refractivity contribution in [3.05, 3.63) is 29.0 Å². The molecule has 0 saturated heterocycles. The second-order valence-electron chi connectivity index (χ2n) is 3.28. The lowest BCUT2D eigenvalue weighted by molar-refractivity contribution is -0.114. The van der Waals surface area contributed by atoms with E-state index >= 15 is 0 Å². The lowest BCUT2D eigenvalue weighted by Crippen LogP contribution is -2.14. The average Bonchev–Trinajstić information content (AvgIpc) is 2.29. The van der Waals surface area contributed by atoms with Gasteiger partial charge in [-0.2, -0.15) is 5.26 Å². The van der Waals surface area contributed by atoms with E-state index in [1.807, 2.05) is 6.07 Å². The average molecular weight is 235 g/mol. The molecule has 16 heavy (non-hydrogen) atoms. The number of carbonyl (C=O) groups excluding carboxylic acids is 1. The number of ether oxygens (including phenoxy) is 1. The molecule has 1 aromatic rings. The quantitative estimate of drug-likeness (QED) is 0.742. The Morgan fingerprint density at radius 2 is 2.38 bits per heavy atom. The van der Waals surface area contributed by atoms with Gasteiger partial charge in [0.05, 0.1) is 12.1 Å². The van der Waals surface area contributed by atoms with E-state index in [0.29, 0.717) is 11.4 Å². The van der Waals surface area contributed by atoms with Crippen LogP contribution in [0.1, 0.15) is 11.1 Å². The van der Waals surface area contributed by atoms with E-state index in [2.05, 4.69) is 4.98 Å². The molecule has 0 unspecified atom stereocenters. The topological polar surface area (TPSA) is 63.0 Å². The van der Waals surface area contributed by atoms with Gasteiger partial charge in [-0.3, -0.25) is 4.79 Å². The summed E-state index contributed by atoms with van der Waals surface area (Å²) in [6, 6.07) is 3.45. The molecule has 5 heteroatoms. The largest absolute Gasteiger partial charge is 0.481 e. The third kappa shape index (κ3) is 1.55. The van der Waals surface area contributed by atoms with Crippen LogP contribution < -0.4 is 4.74 Å². The number of halogens is 1.